The molecule has 0 aliphatic heterocycles. The summed E-state index contributed by atoms with van der Waals surface area (Å²) in [4.78, 5) is 21.0. The van der Waals surface area contributed by atoms with Crippen molar-refractivity contribution < 1.29 is 9.59 Å². The zero-order chi connectivity index (χ0) is 8.85. The van der Waals surface area contributed by atoms with Gasteiger partial charge in [-0.1, -0.05) is 13.0 Å². The molecular weight excluding hydrogens is 144 g/mol. The number of rotatable bonds is 2. The lowest BCUT2D eigenvalue weighted by Crippen LogP contribution is -2.35. The number of amides is 3. The molecule has 3 amide bonds. The van der Waals surface area contributed by atoms with E-state index in [1.807, 2.05) is 12.2 Å². The number of hydrogen-bond donors (Lipinski definition) is 2. The number of urea groups is 1. The molecule has 0 spiro atoms. The molecule has 3 N–H and O–H groups in total. The molecule has 0 saturated heterocycles. The Kier molecular flexibility index (Phi) is 3.95. The number of hydrogen-bond acceptors (Lipinski definition) is 2. The van der Waals surface area contributed by atoms with Crippen LogP contribution in [0.15, 0.2) is 11.6 Å². The average molecular weight is 156 g/mol. The normalized spacial score (nSPS) is 10.9. The third-order valence-corrected chi connectivity index (χ3v) is 1.11. The van der Waals surface area contributed by atoms with E-state index < -0.39 is 11.9 Å². The lowest BCUT2D eigenvalue weighted by atomic mass is 10.2. The van der Waals surface area contributed by atoms with Crippen LogP contribution in [0.5, 0.6) is 0 Å². The molecule has 0 aromatic rings. The molecule has 0 rings (SSSR count). The molecule has 0 atom stereocenters. The quantitative estimate of drug-likeness (QED) is 0.572. The third kappa shape index (κ3) is 4.13. The molecule has 0 unspecified atom stereocenters. The van der Waals surface area contributed by atoms with Gasteiger partial charge < -0.3 is 5.73 Å². The highest BCUT2D eigenvalue weighted by atomic mass is 16.2. The monoisotopic (exact) mass is 156 g/mol. The molecule has 0 heterocycles. The van der Waals surface area contributed by atoms with Crippen molar-refractivity contribution in [3.63, 3.8) is 0 Å². The SMILES string of the molecule is CC/C=C(\C)C(=O)NC(N)=O. The molecule has 0 aliphatic carbocycles. The van der Waals surface area contributed by atoms with Crippen molar-refractivity contribution in [3.05, 3.63) is 11.6 Å². The maximum Gasteiger partial charge on any atom is 0.319 e. The van der Waals surface area contributed by atoms with E-state index in [2.05, 4.69) is 0 Å². The molecule has 0 saturated carbocycles. The molecule has 0 aromatic carbocycles. The van der Waals surface area contributed by atoms with Crippen molar-refractivity contribution >= 4 is 11.9 Å². The lowest BCUT2D eigenvalue weighted by Gasteiger charge is -1.98. The molecule has 0 aliphatic rings. The van der Waals surface area contributed by atoms with Gasteiger partial charge in [0.05, 0.1) is 0 Å². The Balaban J connectivity index is 4.03. The second-order valence-electron chi connectivity index (χ2n) is 2.11. The summed E-state index contributed by atoms with van der Waals surface area (Å²) in [5, 5.41) is 1.96. The van der Waals surface area contributed by atoms with Crippen LogP contribution >= 0.6 is 0 Å². The summed E-state index contributed by atoms with van der Waals surface area (Å²) in [5.74, 6) is -0.431. The van der Waals surface area contributed by atoms with Crippen LogP contribution in [-0.2, 0) is 4.79 Å². The molecule has 0 fully saturated rings. The molecular formula is C7H12N2O2. The topological polar surface area (TPSA) is 72.2 Å². The van der Waals surface area contributed by atoms with E-state index in [0.29, 0.717) is 5.57 Å². The van der Waals surface area contributed by atoms with Gasteiger partial charge in [0, 0.05) is 5.57 Å². The fourth-order valence-corrected chi connectivity index (χ4v) is 0.609. The summed E-state index contributed by atoms with van der Waals surface area (Å²) >= 11 is 0. The van der Waals surface area contributed by atoms with Gasteiger partial charge in [-0.05, 0) is 13.3 Å². The Labute approximate surface area is 65.5 Å². The van der Waals surface area contributed by atoms with Crippen LogP contribution in [0, 0.1) is 0 Å². The Morgan fingerprint density at radius 3 is 2.45 bits per heavy atom. The van der Waals surface area contributed by atoms with Crippen molar-refractivity contribution in [1.82, 2.24) is 5.32 Å². The van der Waals surface area contributed by atoms with Crippen LogP contribution < -0.4 is 11.1 Å². The van der Waals surface area contributed by atoms with Crippen molar-refractivity contribution in [2.45, 2.75) is 20.3 Å². The Hall–Kier alpha value is -1.32. The van der Waals surface area contributed by atoms with Crippen LogP contribution in [0.4, 0.5) is 4.79 Å². The number of primary amides is 1. The van der Waals surface area contributed by atoms with Gasteiger partial charge in [-0.2, -0.15) is 0 Å². The average Bonchev–Trinajstić information content (AvgIpc) is 1.86. The van der Waals surface area contributed by atoms with Gasteiger partial charge in [0.2, 0.25) is 0 Å². The first-order chi connectivity index (χ1) is 5.07. The van der Waals surface area contributed by atoms with Gasteiger partial charge in [-0.25, -0.2) is 4.79 Å². The zero-order valence-corrected chi connectivity index (χ0v) is 6.68. The van der Waals surface area contributed by atoms with Gasteiger partial charge in [-0.15, -0.1) is 0 Å². The highest BCUT2D eigenvalue weighted by Gasteiger charge is 2.04. The standard InChI is InChI=1S/C7H12N2O2/c1-3-4-5(2)6(10)9-7(8)11/h4H,3H2,1-2H3,(H3,8,9,10,11)/b5-4+. The summed E-state index contributed by atoms with van der Waals surface area (Å²) in [6.07, 6.45) is 2.48. The first kappa shape index (κ1) is 9.68. The predicted octanol–water partition coefficient (Wildman–Crippen LogP) is 0.538. The second-order valence-corrected chi connectivity index (χ2v) is 2.11. The van der Waals surface area contributed by atoms with E-state index in [4.69, 9.17) is 5.73 Å². The fourth-order valence-electron chi connectivity index (χ4n) is 0.609. The minimum absolute atomic E-state index is 0.431. The van der Waals surface area contributed by atoms with Gasteiger partial charge in [0.15, 0.2) is 0 Å². The molecule has 0 radical (unpaired) electrons. The summed E-state index contributed by atoms with van der Waals surface area (Å²) in [7, 11) is 0. The van der Waals surface area contributed by atoms with Crippen molar-refractivity contribution in [3.8, 4) is 0 Å². The van der Waals surface area contributed by atoms with Crippen LogP contribution in [-0.4, -0.2) is 11.9 Å². The number of carbonyl (C=O) groups excluding carboxylic acids is 2. The van der Waals surface area contributed by atoms with E-state index >= 15 is 0 Å². The predicted molar refractivity (Wildman–Crippen MR) is 41.8 cm³/mol. The minimum atomic E-state index is -0.821. The molecule has 4 heteroatoms. The first-order valence-corrected chi connectivity index (χ1v) is 3.35. The maximum absolute atomic E-state index is 10.9. The summed E-state index contributed by atoms with van der Waals surface area (Å²) in [6.45, 7) is 3.53. The largest absolute Gasteiger partial charge is 0.351 e. The fraction of sp³-hybridized carbons (Fsp3) is 0.429. The third-order valence-electron chi connectivity index (χ3n) is 1.11. The minimum Gasteiger partial charge on any atom is -0.351 e. The van der Waals surface area contributed by atoms with Crippen molar-refractivity contribution in [1.29, 1.82) is 0 Å². The van der Waals surface area contributed by atoms with E-state index in [9.17, 15) is 9.59 Å². The summed E-state index contributed by atoms with van der Waals surface area (Å²) in [5.41, 5.74) is 5.24. The van der Waals surface area contributed by atoms with Crippen LogP contribution in [0.25, 0.3) is 0 Å². The lowest BCUT2D eigenvalue weighted by molar-refractivity contribution is -0.116. The van der Waals surface area contributed by atoms with Crippen LogP contribution in [0.3, 0.4) is 0 Å². The number of carbonyl (C=O) groups is 2. The second kappa shape index (κ2) is 4.49. The molecule has 0 aromatic heterocycles. The van der Waals surface area contributed by atoms with Gasteiger partial charge in [0.1, 0.15) is 0 Å². The molecule has 62 valence electrons. The zero-order valence-electron chi connectivity index (χ0n) is 6.68. The summed E-state index contributed by atoms with van der Waals surface area (Å²) < 4.78 is 0. The molecule has 0 bridgehead atoms. The van der Waals surface area contributed by atoms with Crippen LogP contribution in [0.1, 0.15) is 20.3 Å². The highest BCUT2D eigenvalue weighted by molar-refractivity contribution is 6.02. The smallest absolute Gasteiger partial charge is 0.319 e. The Morgan fingerprint density at radius 2 is 2.09 bits per heavy atom. The summed E-state index contributed by atoms with van der Waals surface area (Å²) in [6, 6.07) is -0.821. The van der Waals surface area contributed by atoms with E-state index in [0.717, 1.165) is 6.42 Å². The van der Waals surface area contributed by atoms with Crippen LogP contribution in [0.2, 0.25) is 0 Å². The Morgan fingerprint density at radius 1 is 1.55 bits per heavy atom. The number of nitrogens with two attached hydrogens (primary N) is 1. The number of imide groups is 1. The van der Waals surface area contributed by atoms with E-state index in [-0.39, 0.29) is 0 Å². The molecule has 4 nitrogen and oxygen atoms in total. The molecule has 11 heavy (non-hydrogen) atoms. The van der Waals surface area contributed by atoms with E-state index in [1.165, 1.54) is 0 Å². The van der Waals surface area contributed by atoms with Gasteiger partial charge >= 0.3 is 6.03 Å². The maximum atomic E-state index is 10.9. The van der Waals surface area contributed by atoms with E-state index in [1.54, 1.807) is 13.0 Å². The van der Waals surface area contributed by atoms with Gasteiger partial charge in [-0.3, -0.25) is 10.1 Å². The van der Waals surface area contributed by atoms with Crippen molar-refractivity contribution in [2.75, 3.05) is 0 Å². The number of nitrogens with one attached hydrogen (secondary N) is 1. The van der Waals surface area contributed by atoms with Crippen molar-refractivity contribution in [2.24, 2.45) is 5.73 Å². The van der Waals surface area contributed by atoms with Gasteiger partial charge in [0.25, 0.3) is 5.91 Å². The highest BCUT2D eigenvalue weighted by Crippen LogP contribution is 1.93. The Bertz CT molecular complexity index is 197. The number of allylic oxidation sites excluding steroid dienone is 1. The first-order valence-electron chi connectivity index (χ1n) is 3.35.